The smallest absolute Gasteiger partial charge is 0.303 e. The fraction of sp³-hybridized carbons (Fsp3) is 0.786. The van der Waals surface area contributed by atoms with E-state index in [1.807, 2.05) is 13.8 Å². The van der Waals surface area contributed by atoms with E-state index in [-0.39, 0.29) is 36.6 Å². The Morgan fingerprint density at radius 3 is 2.25 bits per heavy atom. The molecule has 0 aromatic heterocycles. The predicted molar refractivity (Wildman–Crippen MR) is 76.5 cm³/mol. The van der Waals surface area contributed by atoms with Crippen LogP contribution in [0.15, 0.2) is 0 Å². The topological polar surface area (TPSA) is 95.5 Å². The number of nitrogens with one attached hydrogen (secondary N) is 2. The molecule has 0 spiro atoms. The van der Waals surface area contributed by atoms with Gasteiger partial charge in [0.25, 0.3) is 0 Å². The van der Waals surface area contributed by atoms with Crippen LogP contribution in [0.3, 0.4) is 0 Å². The van der Waals surface area contributed by atoms with Gasteiger partial charge in [0, 0.05) is 25.9 Å². The number of carboxylic acids is 1. The molecule has 1 amide bonds. The van der Waals surface area contributed by atoms with Crippen LogP contribution < -0.4 is 10.6 Å². The van der Waals surface area contributed by atoms with Crippen molar-refractivity contribution in [3.8, 4) is 0 Å². The summed E-state index contributed by atoms with van der Waals surface area (Å²) in [5.41, 5.74) is 0. The molecule has 0 aliphatic heterocycles. The lowest BCUT2D eigenvalue weighted by atomic mass is 10.0. The Labute approximate surface area is 120 Å². The molecule has 0 rings (SSSR count). The maximum Gasteiger partial charge on any atom is 0.303 e. The third-order valence-electron chi connectivity index (χ3n) is 2.80. The lowest BCUT2D eigenvalue weighted by Gasteiger charge is -2.20. The summed E-state index contributed by atoms with van der Waals surface area (Å²) in [5, 5.41) is 14.5. The average molecular weight is 286 g/mol. The van der Waals surface area contributed by atoms with E-state index in [2.05, 4.69) is 10.6 Å². The summed E-state index contributed by atoms with van der Waals surface area (Å²) < 4.78 is 0. The van der Waals surface area contributed by atoms with E-state index in [4.69, 9.17) is 5.11 Å². The van der Waals surface area contributed by atoms with Crippen molar-refractivity contribution in [2.45, 2.75) is 65.0 Å². The second-order valence-electron chi connectivity index (χ2n) is 5.21. The van der Waals surface area contributed by atoms with Crippen molar-refractivity contribution in [2.75, 3.05) is 6.54 Å². The Kier molecular flexibility index (Phi) is 9.63. The van der Waals surface area contributed by atoms with Crippen LogP contribution in [0.5, 0.6) is 0 Å². The largest absolute Gasteiger partial charge is 0.481 e. The molecule has 6 nitrogen and oxygen atoms in total. The van der Waals surface area contributed by atoms with E-state index in [1.54, 1.807) is 0 Å². The van der Waals surface area contributed by atoms with Crippen molar-refractivity contribution in [3.63, 3.8) is 0 Å². The number of unbranched alkanes of at least 4 members (excludes halogenated alkanes) is 1. The van der Waals surface area contributed by atoms with Crippen LogP contribution in [0, 0.1) is 0 Å². The van der Waals surface area contributed by atoms with Gasteiger partial charge < -0.3 is 15.7 Å². The van der Waals surface area contributed by atoms with Crippen LogP contribution in [-0.4, -0.2) is 41.4 Å². The summed E-state index contributed by atoms with van der Waals surface area (Å²) in [6, 6.07) is -0.129. The van der Waals surface area contributed by atoms with Gasteiger partial charge in [-0.15, -0.1) is 0 Å². The standard InChI is InChI=1S/C14H26N2O4/c1-10(2)16-12(13(18)7-8-14(19)20)6-4-5-9-15-11(3)17/h10,12,16H,4-9H2,1-3H3,(H,15,17)(H,19,20)/t12-/m0/s1. The maximum atomic E-state index is 12.0. The van der Waals surface area contributed by atoms with Crippen LogP contribution in [0.25, 0.3) is 0 Å². The fourth-order valence-electron chi connectivity index (χ4n) is 1.88. The summed E-state index contributed by atoms with van der Waals surface area (Å²) in [6.07, 6.45) is 2.22. The van der Waals surface area contributed by atoms with Gasteiger partial charge in [0.2, 0.25) is 5.91 Å². The Morgan fingerprint density at radius 1 is 1.10 bits per heavy atom. The van der Waals surface area contributed by atoms with Crippen molar-refractivity contribution < 1.29 is 19.5 Å². The molecule has 20 heavy (non-hydrogen) atoms. The van der Waals surface area contributed by atoms with Crippen molar-refractivity contribution in [2.24, 2.45) is 0 Å². The number of carbonyl (C=O) groups is 3. The van der Waals surface area contributed by atoms with E-state index >= 15 is 0 Å². The zero-order valence-electron chi connectivity index (χ0n) is 12.6. The second kappa shape index (κ2) is 10.4. The molecule has 0 aromatic carbocycles. The molecule has 0 unspecified atom stereocenters. The fourth-order valence-corrected chi connectivity index (χ4v) is 1.88. The third-order valence-corrected chi connectivity index (χ3v) is 2.80. The highest BCUT2D eigenvalue weighted by molar-refractivity contribution is 5.86. The number of carbonyl (C=O) groups excluding carboxylic acids is 2. The minimum atomic E-state index is -0.952. The minimum absolute atomic E-state index is 0.0550. The Morgan fingerprint density at radius 2 is 1.75 bits per heavy atom. The third kappa shape index (κ3) is 10.5. The van der Waals surface area contributed by atoms with E-state index in [1.165, 1.54) is 6.92 Å². The van der Waals surface area contributed by atoms with Crippen molar-refractivity contribution in [3.05, 3.63) is 0 Å². The van der Waals surface area contributed by atoms with Crippen molar-refractivity contribution >= 4 is 17.7 Å². The molecular formula is C14H26N2O4. The zero-order chi connectivity index (χ0) is 15.5. The van der Waals surface area contributed by atoms with E-state index in [0.717, 1.165) is 12.8 Å². The number of aliphatic carboxylic acids is 1. The molecule has 0 saturated carbocycles. The van der Waals surface area contributed by atoms with Gasteiger partial charge in [-0.05, 0) is 19.3 Å². The van der Waals surface area contributed by atoms with E-state index in [9.17, 15) is 14.4 Å². The summed E-state index contributed by atoms with van der Waals surface area (Å²) in [6.45, 7) is 5.98. The lowest BCUT2D eigenvalue weighted by Crippen LogP contribution is -2.41. The molecule has 0 radical (unpaired) electrons. The van der Waals surface area contributed by atoms with Crippen LogP contribution in [0.1, 0.15) is 52.9 Å². The van der Waals surface area contributed by atoms with Gasteiger partial charge in [0.1, 0.15) is 5.78 Å². The molecule has 3 N–H and O–H groups in total. The average Bonchev–Trinajstić information content (AvgIpc) is 2.33. The first-order valence-corrected chi connectivity index (χ1v) is 7.08. The summed E-state index contributed by atoms with van der Waals surface area (Å²) in [4.78, 5) is 33.2. The second-order valence-corrected chi connectivity index (χ2v) is 5.21. The zero-order valence-corrected chi connectivity index (χ0v) is 12.6. The molecular weight excluding hydrogens is 260 g/mol. The van der Waals surface area contributed by atoms with Crippen molar-refractivity contribution in [1.82, 2.24) is 10.6 Å². The first kappa shape index (κ1) is 18.6. The first-order valence-electron chi connectivity index (χ1n) is 7.08. The molecule has 116 valence electrons. The Hall–Kier alpha value is -1.43. The van der Waals surface area contributed by atoms with E-state index < -0.39 is 5.97 Å². The molecule has 6 heteroatoms. The Balaban J connectivity index is 4.10. The minimum Gasteiger partial charge on any atom is -0.481 e. The number of hydrogen-bond donors (Lipinski definition) is 3. The van der Waals surface area contributed by atoms with Gasteiger partial charge >= 0.3 is 5.97 Å². The molecule has 1 atom stereocenters. The van der Waals surface area contributed by atoms with Gasteiger partial charge in [-0.2, -0.15) is 0 Å². The highest BCUT2D eigenvalue weighted by Crippen LogP contribution is 2.07. The normalized spacial score (nSPS) is 12.2. The summed E-state index contributed by atoms with van der Waals surface area (Å²) in [5.74, 6) is -1.06. The molecule has 0 heterocycles. The van der Waals surface area contributed by atoms with Gasteiger partial charge in [0.05, 0.1) is 12.5 Å². The lowest BCUT2D eigenvalue weighted by molar-refractivity contribution is -0.138. The molecule has 0 bridgehead atoms. The predicted octanol–water partition coefficient (Wildman–Crippen LogP) is 1.09. The number of carboxylic acid groups (broad SMARTS) is 1. The number of hydrogen-bond acceptors (Lipinski definition) is 4. The van der Waals surface area contributed by atoms with Crippen LogP contribution in [0.2, 0.25) is 0 Å². The van der Waals surface area contributed by atoms with Crippen molar-refractivity contribution in [1.29, 1.82) is 0 Å². The molecule has 0 aliphatic rings. The monoisotopic (exact) mass is 286 g/mol. The van der Waals surface area contributed by atoms with Gasteiger partial charge in [-0.3, -0.25) is 14.4 Å². The Bertz CT molecular complexity index is 329. The summed E-state index contributed by atoms with van der Waals surface area (Å²) in [7, 11) is 0. The number of amides is 1. The maximum absolute atomic E-state index is 12.0. The summed E-state index contributed by atoms with van der Waals surface area (Å²) >= 11 is 0. The SMILES string of the molecule is CC(=O)NCCCC[C@H](NC(C)C)C(=O)CCC(=O)O. The highest BCUT2D eigenvalue weighted by atomic mass is 16.4. The number of Topliss-reactive ketones (excluding diaryl/α,β-unsaturated/α-hetero) is 1. The number of ketones is 1. The number of rotatable bonds is 11. The quantitative estimate of drug-likeness (QED) is 0.494. The molecule has 0 aliphatic carbocycles. The highest BCUT2D eigenvalue weighted by Gasteiger charge is 2.19. The van der Waals surface area contributed by atoms with Crippen LogP contribution in [0.4, 0.5) is 0 Å². The van der Waals surface area contributed by atoms with Crippen LogP contribution in [-0.2, 0) is 14.4 Å². The van der Waals surface area contributed by atoms with Crippen LogP contribution >= 0.6 is 0 Å². The van der Waals surface area contributed by atoms with Gasteiger partial charge in [-0.1, -0.05) is 13.8 Å². The van der Waals surface area contributed by atoms with Gasteiger partial charge in [-0.25, -0.2) is 0 Å². The van der Waals surface area contributed by atoms with E-state index in [0.29, 0.717) is 13.0 Å². The molecule has 0 saturated heterocycles. The van der Waals surface area contributed by atoms with Gasteiger partial charge in [0.15, 0.2) is 0 Å². The first-order chi connectivity index (χ1) is 9.32. The molecule has 0 aromatic rings. The molecule has 0 fully saturated rings.